The summed E-state index contributed by atoms with van der Waals surface area (Å²) in [4.78, 5) is 5.32. The highest BCUT2D eigenvalue weighted by Gasteiger charge is 2.07. The van der Waals surface area contributed by atoms with Crippen LogP contribution in [0.3, 0.4) is 0 Å². The van der Waals surface area contributed by atoms with Gasteiger partial charge in [0.05, 0.1) is 17.0 Å². The Morgan fingerprint density at radius 2 is 2.16 bits per heavy atom. The molecule has 1 heterocycles. The Kier molecular flexibility index (Phi) is 4.76. The largest absolute Gasteiger partial charge is 0.493 e. The molecular formula is C14H18N2O2S. The zero-order chi connectivity index (χ0) is 13.7. The lowest BCUT2D eigenvalue weighted by Crippen LogP contribution is -2.05. The van der Waals surface area contributed by atoms with Gasteiger partial charge in [-0.3, -0.25) is 0 Å². The Labute approximate surface area is 117 Å². The molecular weight excluding hydrogens is 260 g/mol. The molecule has 0 aliphatic carbocycles. The summed E-state index contributed by atoms with van der Waals surface area (Å²) in [5.41, 5.74) is 1.17. The number of thiazole rings is 1. The van der Waals surface area contributed by atoms with Crippen molar-refractivity contribution < 1.29 is 9.47 Å². The van der Waals surface area contributed by atoms with E-state index in [0.717, 1.165) is 27.9 Å². The molecule has 0 fully saturated rings. The smallest absolute Gasteiger partial charge is 0.161 e. The van der Waals surface area contributed by atoms with E-state index in [-0.39, 0.29) is 0 Å². The predicted octanol–water partition coefficient (Wildman–Crippen LogP) is 2.76. The van der Waals surface area contributed by atoms with Gasteiger partial charge in [-0.25, -0.2) is 4.98 Å². The SMILES string of the molecule is CNCc1ccc(OCc2cnc(C)s2)c(OC)c1. The maximum absolute atomic E-state index is 5.79. The molecule has 102 valence electrons. The summed E-state index contributed by atoms with van der Waals surface area (Å²) in [6.07, 6.45) is 1.85. The number of ether oxygens (including phenoxy) is 2. The maximum Gasteiger partial charge on any atom is 0.161 e. The monoisotopic (exact) mass is 278 g/mol. The molecule has 19 heavy (non-hydrogen) atoms. The minimum Gasteiger partial charge on any atom is -0.493 e. The maximum atomic E-state index is 5.79. The first-order chi connectivity index (χ1) is 9.22. The highest BCUT2D eigenvalue weighted by Crippen LogP contribution is 2.29. The lowest BCUT2D eigenvalue weighted by atomic mass is 10.2. The van der Waals surface area contributed by atoms with Crippen LogP contribution < -0.4 is 14.8 Å². The van der Waals surface area contributed by atoms with Gasteiger partial charge >= 0.3 is 0 Å². The minimum absolute atomic E-state index is 0.521. The van der Waals surface area contributed by atoms with Crippen LogP contribution in [0.15, 0.2) is 24.4 Å². The molecule has 1 N–H and O–H groups in total. The van der Waals surface area contributed by atoms with E-state index >= 15 is 0 Å². The summed E-state index contributed by atoms with van der Waals surface area (Å²) < 4.78 is 11.1. The van der Waals surface area contributed by atoms with Crippen LogP contribution in [0.25, 0.3) is 0 Å². The molecule has 0 saturated heterocycles. The van der Waals surface area contributed by atoms with Crippen LogP contribution in [0.4, 0.5) is 0 Å². The van der Waals surface area contributed by atoms with Gasteiger partial charge in [0.15, 0.2) is 11.5 Å². The van der Waals surface area contributed by atoms with Crippen LogP contribution in [0.1, 0.15) is 15.4 Å². The molecule has 0 radical (unpaired) electrons. The standard InChI is InChI=1S/C14H18N2O2S/c1-10-16-8-12(19-10)9-18-13-5-4-11(7-15-2)6-14(13)17-3/h4-6,8,15H,7,9H2,1-3H3. The zero-order valence-corrected chi connectivity index (χ0v) is 12.2. The molecule has 0 aliphatic rings. The molecule has 4 nitrogen and oxygen atoms in total. The van der Waals surface area contributed by atoms with E-state index in [0.29, 0.717) is 6.61 Å². The number of methoxy groups -OCH3 is 1. The van der Waals surface area contributed by atoms with Crippen LogP contribution in [0.2, 0.25) is 0 Å². The molecule has 0 saturated carbocycles. The van der Waals surface area contributed by atoms with Crippen LogP contribution >= 0.6 is 11.3 Å². The molecule has 0 amide bonds. The molecule has 1 aromatic heterocycles. The molecule has 1 aromatic carbocycles. The Morgan fingerprint density at radius 1 is 1.32 bits per heavy atom. The van der Waals surface area contributed by atoms with Crippen molar-refractivity contribution in [1.82, 2.24) is 10.3 Å². The third kappa shape index (κ3) is 3.68. The van der Waals surface area contributed by atoms with Crippen LogP contribution in [-0.2, 0) is 13.2 Å². The molecule has 2 rings (SSSR count). The lowest BCUT2D eigenvalue weighted by molar-refractivity contribution is 0.287. The van der Waals surface area contributed by atoms with Crippen LogP contribution in [-0.4, -0.2) is 19.1 Å². The number of aryl methyl sites for hydroxylation is 1. The second-order valence-corrected chi connectivity index (χ2v) is 5.47. The van der Waals surface area contributed by atoms with E-state index in [9.17, 15) is 0 Å². The highest BCUT2D eigenvalue weighted by molar-refractivity contribution is 7.11. The summed E-state index contributed by atoms with van der Waals surface area (Å²) in [6.45, 7) is 3.32. The van der Waals surface area contributed by atoms with Gasteiger partial charge in [0.2, 0.25) is 0 Å². The van der Waals surface area contributed by atoms with E-state index in [1.807, 2.05) is 38.4 Å². The van der Waals surface area contributed by atoms with Crippen molar-refractivity contribution >= 4 is 11.3 Å². The number of rotatable bonds is 6. The van der Waals surface area contributed by atoms with Gasteiger partial charge in [-0.05, 0) is 31.7 Å². The van der Waals surface area contributed by atoms with Crippen molar-refractivity contribution in [1.29, 1.82) is 0 Å². The molecule has 0 bridgehead atoms. The van der Waals surface area contributed by atoms with Gasteiger partial charge in [0.25, 0.3) is 0 Å². The van der Waals surface area contributed by atoms with Crippen molar-refractivity contribution in [2.24, 2.45) is 0 Å². The fraction of sp³-hybridized carbons (Fsp3) is 0.357. The summed E-state index contributed by atoms with van der Waals surface area (Å²) in [5, 5.41) is 4.16. The van der Waals surface area contributed by atoms with E-state index in [1.54, 1.807) is 18.4 Å². The van der Waals surface area contributed by atoms with Gasteiger partial charge in [0.1, 0.15) is 6.61 Å². The molecule has 2 aromatic rings. The van der Waals surface area contributed by atoms with E-state index in [1.165, 1.54) is 5.56 Å². The number of hydrogen-bond donors (Lipinski definition) is 1. The van der Waals surface area contributed by atoms with Gasteiger partial charge in [-0.1, -0.05) is 6.07 Å². The Bertz CT molecular complexity index is 540. The van der Waals surface area contributed by atoms with Crippen LogP contribution in [0, 0.1) is 6.92 Å². The molecule has 0 unspecified atom stereocenters. The summed E-state index contributed by atoms with van der Waals surface area (Å²) in [5.74, 6) is 1.52. The molecule has 0 spiro atoms. The number of hydrogen-bond acceptors (Lipinski definition) is 5. The first-order valence-electron chi connectivity index (χ1n) is 6.08. The number of aromatic nitrogens is 1. The lowest BCUT2D eigenvalue weighted by Gasteiger charge is -2.11. The van der Waals surface area contributed by atoms with Crippen LogP contribution in [0.5, 0.6) is 11.5 Å². The highest BCUT2D eigenvalue weighted by atomic mass is 32.1. The fourth-order valence-corrected chi connectivity index (χ4v) is 2.47. The summed E-state index contributed by atoms with van der Waals surface area (Å²) in [7, 11) is 3.57. The van der Waals surface area contributed by atoms with E-state index in [2.05, 4.69) is 10.3 Å². The summed E-state index contributed by atoms with van der Waals surface area (Å²) >= 11 is 1.64. The van der Waals surface area contributed by atoms with Gasteiger partial charge in [-0.2, -0.15) is 0 Å². The first kappa shape index (κ1) is 13.8. The third-order valence-corrected chi connectivity index (χ3v) is 3.53. The topological polar surface area (TPSA) is 43.4 Å². The Balaban J connectivity index is 2.06. The van der Waals surface area contributed by atoms with Gasteiger partial charge in [-0.15, -0.1) is 11.3 Å². The van der Waals surface area contributed by atoms with Crippen molar-refractivity contribution in [3.05, 3.63) is 39.8 Å². The van der Waals surface area contributed by atoms with Crippen molar-refractivity contribution in [2.45, 2.75) is 20.1 Å². The fourth-order valence-electron chi connectivity index (χ4n) is 1.77. The average molecular weight is 278 g/mol. The van der Waals surface area contributed by atoms with Gasteiger partial charge in [0, 0.05) is 12.7 Å². The van der Waals surface area contributed by atoms with Gasteiger partial charge < -0.3 is 14.8 Å². The van der Waals surface area contributed by atoms with Crippen molar-refractivity contribution in [2.75, 3.05) is 14.2 Å². The molecule has 5 heteroatoms. The molecule has 0 aliphatic heterocycles. The minimum atomic E-state index is 0.521. The van der Waals surface area contributed by atoms with Crippen molar-refractivity contribution in [3.63, 3.8) is 0 Å². The quantitative estimate of drug-likeness (QED) is 0.882. The predicted molar refractivity (Wildman–Crippen MR) is 76.9 cm³/mol. The second-order valence-electron chi connectivity index (χ2n) is 4.15. The zero-order valence-electron chi connectivity index (χ0n) is 11.4. The van der Waals surface area contributed by atoms with Crippen molar-refractivity contribution in [3.8, 4) is 11.5 Å². The number of nitrogens with zero attached hydrogens (tertiary/aromatic N) is 1. The Hall–Kier alpha value is -1.59. The van der Waals surface area contributed by atoms with E-state index < -0.39 is 0 Å². The normalized spacial score (nSPS) is 10.5. The Morgan fingerprint density at radius 3 is 2.79 bits per heavy atom. The number of benzene rings is 1. The summed E-state index contributed by atoms with van der Waals surface area (Å²) in [6, 6.07) is 5.97. The average Bonchev–Trinajstić information content (AvgIpc) is 2.83. The first-order valence-corrected chi connectivity index (χ1v) is 6.90. The second kappa shape index (κ2) is 6.54. The molecule has 0 atom stereocenters. The number of nitrogens with one attached hydrogen (secondary N) is 1. The third-order valence-electron chi connectivity index (χ3n) is 2.65. The van der Waals surface area contributed by atoms with E-state index in [4.69, 9.17) is 9.47 Å².